The second-order valence-electron chi connectivity index (χ2n) is 7.05. The lowest BCUT2D eigenvalue weighted by atomic mass is 10.3. The van der Waals surface area contributed by atoms with E-state index in [9.17, 15) is 14.0 Å². The fraction of sp³-hybridized carbons (Fsp3) is 0.125. The fourth-order valence-corrected chi connectivity index (χ4v) is 4.72. The van der Waals surface area contributed by atoms with E-state index in [4.69, 9.17) is 4.42 Å². The van der Waals surface area contributed by atoms with E-state index in [0.717, 1.165) is 4.88 Å². The molecule has 1 aromatic carbocycles. The van der Waals surface area contributed by atoms with E-state index >= 15 is 0 Å². The molecule has 4 rings (SSSR count). The number of amides is 2. The van der Waals surface area contributed by atoms with Gasteiger partial charge >= 0.3 is 0 Å². The highest BCUT2D eigenvalue weighted by Crippen LogP contribution is 2.31. The summed E-state index contributed by atoms with van der Waals surface area (Å²) >= 11 is 2.77. The number of carbonyl (C=O) groups is 2. The molecule has 0 bridgehead atoms. The summed E-state index contributed by atoms with van der Waals surface area (Å²) in [5.74, 6) is -0.392. The van der Waals surface area contributed by atoms with Crippen molar-refractivity contribution in [2.24, 2.45) is 0 Å². The molecular weight excluding hydrogens is 461 g/mol. The van der Waals surface area contributed by atoms with Crippen LogP contribution in [0.25, 0.3) is 6.08 Å². The summed E-state index contributed by atoms with van der Waals surface area (Å²) in [5, 5.41) is 4.01. The van der Waals surface area contributed by atoms with Gasteiger partial charge in [-0.15, -0.1) is 22.7 Å². The number of anilines is 2. The van der Waals surface area contributed by atoms with Gasteiger partial charge in [0.1, 0.15) is 11.6 Å². The van der Waals surface area contributed by atoms with Gasteiger partial charge in [-0.3, -0.25) is 14.5 Å². The third-order valence-electron chi connectivity index (χ3n) is 4.67. The SMILES string of the molecule is CC(=O)N(c1nc(/C=C/C(=O)N(Cc2ccco2)Cc2cccs2)cs1)c1ccccc1F. The zero-order valence-corrected chi connectivity index (χ0v) is 19.3. The van der Waals surface area contributed by atoms with Crippen molar-refractivity contribution in [3.63, 3.8) is 0 Å². The van der Waals surface area contributed by atoms with Gasteiger partial charge in [0.15, 0.2) is 5.13 Å². The normalized spacial score (nSPS) is 11.1. The first kappa shape index (κ1) is 22.6. The Hall–Kier alpha value is -3.56. The smallest absolute Gasteiger partial charge is 0.247 e. The minimum Gasteiger partial charge on any atom is -0.467 e. The molecule has 6 nitrogen and oxygen atoms in total. The van der Waals surface area contributed by atoms with Gasteiger partial charge in [0.2, 0.25) is 11.8 Å². The maximum atomic E-state index is 14.3. The lowest BCUT2D eigenvalue weighted by Gasteiger charge is -2.19. The highest BCUT2D eigenvalue weighted by atomic mass is 32.1. The van der Waals surface area contributed by atoms with Crippen LogP contribution in [-0.4, -0.2) is 21.7 Å². The number of carbonyl (C=O) groups excluding carboxylic acids is 2. The molecule has 33 heavy (non-hydrogen) atoms. The van der Waals surface area contributed by atoms with Gasteiger partial charge in [0.05, 0.1) is 30.7 Å². The highest BCUT2D eigenvalue weighted by Gasteiger charge is 2.21. The average Bonchev–Trinajstić information content (AvgIpc) is 3.57. The first-order valence-corrected chi connectivity index (χ1v) is 11.8. The van der Waals surface area contributed by atoms with E-state index in [2.05, 4.69) is 4.98 Å². The van der Waals surface area contributed by atoms with Gasteiger partial charge in [0, 0.05) is 23.3 Å². The molecule has 0 fully saturated rings. The van der Waals surface area contributed by atoms with Gasteiger partial charge in [0.25, 0.3) is 0 Å². The summed E-state index contributed by atoms with van der Waals surface area (Å²) in [5.41, 5.74) is 0.631. The molecule has 0 radical (unpaired) electrons. The Kier molecular flexibility index (Phi) is 7.11. The molecule has 0 aliphatic rings. The van der Waals surface area contributed by atoms with E-state index in [1.807, 2.05) is 23.6 Å². The van der Waals surface area contributed by atoms with E-state index in [1.54, 1.807) is 52.2 Å². The molecule has 4 aromatic rings. The second kappa shape index (κ2) is 10.4. The monoisotopic (exact) mass is 481 g/mol. The maximum Gasteiger partial charge on any atom is 0.247 e. The molecular formula is C24H20FN3O3S2. The number of benzene rings is 1. The number of rotatable bonds is 8. The number of thiazole rings is 1. The molecule has 0 aliphatic carbocycles. The topological polar surface area (TPSA) is 66.7 Å². The van der Waals surface area contributed by atoms with Crippen LogP contribution in [-0.2, 0) is 22.7 Å². The van der Waals surface area contributed by atoms with E-state index in [0.29, 0.717) is 29.7 Å². The van der Waals surface area contributed by atoms with Crippen LogP contribution in [0.4, 0.5) is 15.2 Å². The summed E-state index contributed by atoms with van der Waals surface area (Å²) in [6.07, 6.45) is 4.61. The van der Waals surface area contributed by atoms with Crippen molar-refractivity contribution >= 4 is 51.4 Å². The van der Waals surface area contributed by atoms with Crippen molar-refractivity contribution in [1.29, 1.82) is 0 Å². The molecule has 0 atom stereocenters. The molecule has 0 N–H and O–H groups in total. The average molecular weight is 482 g/mol. The number of furan rings is 1. The summed E-state index contributed by atoms with van der Waals surface area (Å²) in [7, 11) is 0. The number of para-hydroxylation sites is 1. The third kappa shape index (κ3) is 5.63. The predicted octanol–water partition coefficient (Wildman–Crippen LogP) is 5.86. The first-order chi connectivity index (χ1) is 16.0. The van der Waals surface area contributed by atoms with E-state index in [1.165, 1.54) is 41.4 Å². The lowest BCUT2D eigenvalue weighted by Crippen LogP contribution is -2.28. The zero-order valence-electron chi connectivity index (χ0n) is 17.7. The highest BCUT2D eigenvalue weighted by molar-refractivity contribution is 7.14. The van der Waals surface area contributed by atoms with Crippen LogP contribution in [0.15, 0.2) is 76.0 Å². The molecule has 0 spiro atoms. The number of hydrogen-bond donors (Lipinski definition) is 0. The number of nitrogens with zero attached hydrogens (tertiary/aromatic N) is 3. The Balaban J connectivity index is 1.52. The number of aromatic nitrogens is 1. The fourth-order valence-electron chi connectivity index (χ4n) is 3.15. The van der Waals surface area contributed by atoms with Gasteiger partial charge in [-0.2, -0.15) is 0 Å². The molecule has 168 valence electrons. The third-order valence-corrected chi connectivity index (χ3v) is 6.38. The van der Waals surface area contributed by atoms with E-state index < -0.39 is 5.82 Å². The first-order valence-electron chi connectivity index (χ1n) is 10.0. The van der Waals surface area contributed by atoms with Crippen LogP contribution in [0.3, 0.4) is 0 Å². The molecule has 0 unspecified atom stereocenters. The van der Waals surface area contributed by atoms with Crippen LogP contribution < -0.4 is 4.90 Å². The van der Waals surface area contributed by atoms with E-state index in [-0.39, 0.29) is 17.5 Å². The zero-order chi connectivity index (χ0) is 23.2. The minimum absolute atomic E-state index is 0.131. The number of thiophene rings is 1. The summed E-state index contributed by atoms with van der Waals surface area (Å²) in [4.78, 5) is 33.5. The molecule has 9 heteroatoms. The maximum absolute atomic E-state index is 14.3. The molecule has 2 amide bonds. The van der Waals surface area contributed by atoms with Crippen molar-refractivity contribution in [1.82, 2.24) is 9.88 Å². The standard InChI is InChI=1S/C24H20FN3O3S2/c1-17(29)28(22-9-3-2-8-21(22)25)24-26-18(16-33-24)10-11-23(30)27(14-19-6-4-12-31-19)15-20-7-5-13-32-20/h2-13,16H,14-15H2,1H3/b11-10+. The van der Waals surface area contributed by atoms with Crippen LogP contribution in [0.1, 0.15) is 23.3 Å². The Bertz CT molecular complexity index is 1210. The Morgan fingerprint density at radius 1 is 1.09 bits per heavy atom. The molecule has 0 saturated heterocycles. The summed E-state index contributed by atoms with van der Waals surface area (Å²) in [6, 6.07) is 13.6. The molecule has 0 saturated carbocycles. The van der Waals surface area contributed by atoms with Gasteiger partial charge in [-0.25, -0.2) is 9.37 Å². The number of hydrogen-bond acceptors (Lipinski definition) is 6. The van der Waals surface area contributed by atoms with Crippen LogP contribution in [0, 0.1) is 5.82 Å². The van der Waals surface area contributed by atoms with Gasteiger partial charge in [-0.1, -0.05) is 18.2 Å². The Morgan fingerprint density at radius 3 is 2.64 bits per heavy atom. The molecule has 3 heterocycles. The second-order valence-corrected chi connectivity index (χ2v) is 8.92. The Labute approximate surface area is 198 Å². The molecule has 3 aromatic heterocycles. The van der Waals surface area contributed by atoms with Crippen molar-refractivity contribution in [3.8, 4) is 0 Å². The van der Waals surface area contributed by atoms with Gasteiger partial charge < -0.3 is 9.32 Å². The van der Waals surface area contributed by atoms with Gasteiger partial charge in [-0.05, 0) is 41.8 Å². The lowest BCUT2D eigenvalue weighted by molar-refractivity contribution is -0.127. The van der Waals surface area contributed by atoms with Crippen LogP contribution in [0.5, 0.6) is 0 Å². The van der Waals surface area contributed by atoms with Crippen molar-refractivity contribution in [2.75, 3.05) is 4.90 Å². The molecule has 0 aliphatic heterocycles. The number of halogens is 1. The van der Waals surface area contributed by atoms with Crippen LogP contribution >= 0.6 is 22.7 Å². The minimum atomic E-state index is -0.516. The van der Waals surface area contributed by atoms with Crippen molar-refractivity contribution in [3.05, 3.63) is 93.8 Å². The predicted molar refractivity (Wildman–Crippen MR) is 128 cm³/mol. The Morgan fingerprint density at radius 2 is 1.94 bits per heavy atom. The van der Waals surface area contributed by atoms with Crippen LogP contribution in [0.2, 0.25) is 0 Å². The summed E-state index contributed by atoms with van der Waals surface area (Å²) in [6.45, 7) is 2.14. The summed E-state index contributed by atoms with van der Waals surface area (Å²) < 4.78 is 19.7. The largest absolute Gasteiger partial charge is 0.467 e. The van der Waals surface area contributed by atoms with Crippen molar-refractivity contribution in [2.45, 2.75) is 20.0 Å². The van der Waals surface area contributed by atoms with Crippen molar-refractivity contribution < 1.29 is 18.4 Å². The quantitative estimate of drug-likeness (QED) is 0.296.